The summed E-state index contributed by atoms with van der Waals surface area (Å²) in [7, 11) is -0.384. The molecule has 5 nitrogen and oxygen atoms in total. The Morgan fingerprint density at radius 1 is 1.27 bits per heavy atom. The Labute approximate surface area is 66.9 Å². The third kappa shape index (κ3) is 6.34. The van der Waals surface area contributed by atoms with Gasteiger partial charge in [0.25, 0.3) is 0 Å². The first-order valence-corrected chi connectivity index (χ1v) is 3.97. The topological polar surface area (TPSA) is 70.0 Å². The van der Waals surface area contributed by atoms with E-state index in [0.29, 0.717) is 13.1 Å². The van der Waals surface area contributed by atoms with Crippen molar-refractivity contribution in [2.75, 3.05) is 33.0 Å². The molecule has 11 heavy (non-hydrogen) atoms. The number of nitrogens with zero attached hydrogens (tertiary/aromatic N) is 1. The van der Waals surface area contributed by atoms with E-state index in [0.717, 1.165) is 0 Å². The maximum absolute atomic E-state index is 9.84. The Hall–Kier alpha value is -0.0600. The fraction of sp³-hybridized carbons (Fsp3) is 1.00. The van der Waals surface area contributed by atoms with Gasteiger partial charge < -0.3 is 10.2 Å². The average Bonchev–Trinajstić information content (AvgIpc) is 2.01. The van der Waals surface area contributed by atoms with Crippen molar-refractivity contribution in [1.29, 1.82) is 0 Å². The van der Waals surface area contributed by atoms with E-state index in [9.17, 15) is 4.57 Å². The van der Waals surface area contributed by atoms with Crippen molar-refractivity contribution in [3.8, 4) is 0 Å². The Bertz CT molecular complexity index is 96.5. The molecule has 0 rings (SSSR count). The van der Waals surface area contributed by atoms with E-state index in [1.54, 1.807) is 4.90 Å². The van der Waals surface area contributed by atoms with Gasteiger partial charge in [-0.15, -0.1) is 0 Å². The molecule has 2 N–H and O–H groups in total. The molecule has 0 aromatic carbocycles. The van der Waals surface area contributed by atoms with Gasteiger partial charge in [-0.25, -0.2) is 4.57 Å². The van der Waals surface area contributed by atoms with E-state index < -0.39 is 0 Å². The molecule has 0 radical (unpaired) electrons. The second-order valence-corrected chi connectivity index (χ2v) is 2.31. The van der Waals surface area contributed by atoms with Crippen LogP contribution in [0.4, 0.5) is 0 Å². The van der Waals surface area contributed by atoms with Crippen molar-refractivity contribution in [2.45, 2.75) is 0 Å². The van der Waals surface area contributed by atoms with Crippen LogP contribution in [0.25, 0.3) is 0 Å². The summed E-state index contributed by atoms with van der Waals surface area (Å²) in [4.78, 5) is 1.64. The molecule has 0 heterocycles. The van der Waals surface area contributed by atoms with E-state index in [1.165, 1.54) is 0 Å². The molecule has 0 amide bonds. The number of aliphatic hydroxyl groups is 2. The molecule has 0 aliphatic heterocycles. The molecule has 0 spiro atoms. The van der Waals surface area contributed by atoms with Crippen molar-refractivity contribution in [1.82, 2.24) is 4.90 Å². The summed E-state index contributed by atoms with van der Waals surface area (Å²) in [5.74, 6) is 0. The molecule has 0 atom stereocenters. The van der Waals surface area contributed by atoms with Gasteiger partial charge in [0, 0.05) is 13.1 Å². The summed E-state index contributed by atoms with van der Waals surface area (Å²) < 4.78 is 14.4. The Morgan fingerprint density at radius 3 is 2.18 bits per heavy atom. The molecular formula is C5H12NO4P. The minimum absolute atomic E-state index is 0.000887. The van der Waals surface area contributed by atoms with Crippen LogP contribution in [0, 0.1) is 0 Å². The van der Waals surface area contributed by atoms with E-state index in [4.69, 9.17) is 10.2 Å². The molecule has 0 fully saturated rings. The van der Waals surface area contributed by atoms with Gasteiger partial charge in [0.05, 0.1) is 13.2 Å². The second kappa shape index (κ2) is 8.04. The maximum atomic E-state index is 9.84. The number of hydrogen-bond acceptors (Lipinski definition) is 5. The van der Waals surface area contributed by atoms with Crippen LogP contribution in [0.1, 0.15) is 0 Å². The van der Waals surface area contributed by atoms with E-state index in [2.05, 4.69) is 4.52 Å². The Balaban J connectivity index is 3.41. The van der Waals surface area contributed by atoms with Gasteiger partial charge >= 0.3 is 8.69 Å². The highest BCUT2D eigenvalue weighted by atomic mass is 31.1. The van der Waals surface area contributed by atoms with Crippen molar-refractivity contribution in [3.05, 3.63) is 0 Å². The number of hydrogen-bond donors (Lipinski definition) is 2. The summed E-state index contributed by atoms with van der Waals surface area (Å²) in [6, 6.07) is 0. The maximum Gasteiger partial charge on any atom is 0.328 e. The molecule has 0 saturated carbocycles. The summed E-state index contributed by atoms with van der Waals surface area (Å²) in [5, 5.41) is 17.0. The van der Waals surface area contributed by atoms with Gasteiger partial charge in [-0.3, -0.25) is 9.42 Å². The predicted octanol–water partition coefficient (Wildman–Crippen LogP) is -0.546. The van der Waals surface area contributed by atoms with Gasteiger partial charge in [0.15, 0.2) is 0 Å². The molecule has 6 heteroatoms. The van der Waals surface area contributed by atoms with Crippen LogP contribution >= 0.6 is 8.69 Å². The quantitative estimate of drug-likeness (QED) is 0.407. The summed E-state index contributed by atoms with van der Waals surface area (Å²) in [6.07, 6.45) is 0. The van der Waals surface area contributed by atoms with Gasteiger partial charge in [0.1, 0.15) is 6.73 Å². The van der Waals surface area contributed by atoms with Gasteiger partial charge in [0.2, 0.25) is 0 Å². The predicted molar refractivity (Wildman–Crippen MR) is 39.3 cm³/mol. The molecule has 0 aliphatic rings. The Morgan fingerprint density at radius 2 is 1.82 bits per heavy atom. The Kier molecular flexibility index (Phi) is 8.00. The van der Waals surface area contributed by atoms with Crippen LogP contribution in [0.2, 0.25) is 0 Å². The lowest BCUT2D eigenvalue weighted by molar-refractivity contribution is 0.0924. The van der Waals surface area contributed by atoms with Gasteiger partial charge in [-0.2, -0.15) is 0 Å². The molecule has 0 saturated heterocycles. The zero-order valence-electron chi connectivity index (χ0n) is 6.14. The minimum atomic E-state index is -0.384. The van der Waals surface area contributed by atoms with E-state index in [1.807, 2.05) is 0 Å². The number of aliphatic hydroxyl groups excluding tert-OH is 2. The molecule has 0 bridgehead atoms. The van der Waals surface area contributed by atoms with Crippen molar-refractivity contribution in [3.63, 3.8) is 0 Å². The van der Waals surface area contributed by atoms with E-state index >= 15 is 0 Å². The third-order valence-corrected chi connectivity index (χ3v) is 1.35. The molecule has 66 valence electrons. The lowest BCUT2D eigenvalue weighted by Gasteiger charge is -2.17. The molecule has 0 aromatic rings. The largest absolute Gasteiger partial charge is 0.395 e. The molecule has 0 unspecified atom stereocenters. The van der Waals surface area contributed by atoms with Crippen LogP contribution in [-0.2, 0) is 9.09 Å². The average molecular weight is 181 g/mol. The van der Waals surface area contributed by atoms with E-state index in [-0.39, 0.29) is 28.6 Å². The fourth-order valence-corrected chi connectivity index (χ4v) is 0.839. The highest BCUT2D eigenvalue weighted by Crippen LogP contribution is 1.96. The lowest BCUT2D eigenvalue weighted by Crippen LogP contribution is -2.30. The first kappa shape index (κ1) is 10.9. The third-order valence-electron chi connectivity index (χ3n) is 1.13. The van der Waals surface area contributed by atoms with Gasteiger partial charge in [-0.1, -0.05) is 0 Å². The standard InChI is InChI=1S/C5H12NO4P/c7-3-1-6(2-4-8)5-10-11-9/h7-8H,1-5H2. The number of rotatable bonds is 7. The highest BCUT2D eigenvalue weighted by Gasteiger charge is 2.01. The van der Waals surface area contributed by atoms with Gasteiger partial charge in [-0.05, 0) is 0 Å². The molecule has 0 aromatic heterocycles. The normalized spacial score (nSPS) is 11.2. The molecular weight excluding hydrogens is 169 g/mol. The zero-order valence-corrected chi connectivity index (χ0v) is 7.04. The monoisotopic (exact) mass is 181 g/mol. The summed E-state index contributed by atoms with van der Waals surface area (Å²) in [5.41, 5.74) is 0. The van der Waals surface area contributed by atoms with Crippen LogP contribution in [0.15, 0.2) is 0 Å². The van der Waals surface area contributed by atoms with Crippen LogP contribution in [0.3, 0.4) is 0 Å². The lowest BCUT2D eigenvalue weighted by atomic mass is 10.5. The zero-order chi connectivity index (χ0) is 8.53. The summed E-state index contributed by atoms with van der Waals surface area (Å²) >= 11 is 0. The van der Waals surface area contributed by atoms with Crippen LogP contribution < -0.4 is 0 Å². The molecule has 0 aliphatic carbocycles. The van der Waals surface area contributed by atoms with Crippen LogP contribution in [0.5, 0.6) is 0 Å². The first-order chi connectivity index (χ1) is 5.35. The fourth-order valence-electron chi connectivity index (χ4n) is 0.629. The van der Waals surface area contributed by atoms with Crippen LogP contribution in [-0.4, -0.2) is 48.1 Å². The van der Waals surface area contributed by atoms with Crippen molar-refractivity contribution < 1.29 is 19.3 Å². The SMILES string of the molecule is O=POCN(CCO)CCO. The highest BCUT2D eigenvalue weighted by molar-refractivity contribution is 7.17. The van der Waals surface area contributed by atoms with Crippen molar-refractivity contribution >= 4 is 8.69 Å². The smallest absolute Gasteiger partial charge is 0.328 e. The summed E-state index contributed by atoms with van der Waals surface area (Å²) in [6.45, 7) is 0.983. The minimum Gasteiger partial charge on any atom is -0.395 e. The first-order valence-electron chi connectivity index (χ1n) is 3.23. The van der Waals surface area contributed by atoms with Crippen molar-refractivity contribution in [2.24, 2.45) is 0 Å². The second-order valence-electron chi connectivity index (χ2n) is 1.90.